The Balaban J connectivity index is 1.87. The normalized spacial score (nSPS) is 21.2. The molecule has 2 aromatic carbocycles. The van der Waals surface area contributed by atoms with E-state index in [0.717, 1.165) is 16.7 Å². The fourth-order valence-corrected chi connectivity index (χ4v) is 5.27. The van der Waals surface area contributed by atoms with Gasteiger partial charge in [0.1, 0.15) is 11.7 Å². The predicted molar refractivity (Wildman–Crippen MR) is 139 cm³/mol. The number of methoxy groups -OCH3 is 1. The van der Waals surface area contributed by atoms with Crippen LogP contribution in [0.5, 0.6) is 5.75 Å². The number of ketones is 1. The SMILES string of the molecule is CCOC(=O)C1=C(C)NC2=C(C(=O)[C@@H](C(=O)OCC)[C@@H](c3ccc(OC)cc3)C2)[C@@H]1c1ccc(C)cc1. The molecule has 37 heavy (non-hydrogen) atoms. The molecule has 4 rings (SSSR count). The second kappa shape index (κ2) is 11.0. The van der Waals surface area contributed by atoms with Crippen molar-refractivity contribution in [1.82, 2.24) is 5.32 Å². The smallest absolute Gasteiger partial charge is 0.336 e. The van der Waals surface area contributed by atoms with Crippen molar-refractivity contribution in [2.24, 2.45) is 5.92 Å². The van der Waals surface area contributed by atoms with E-state index in [1.165, 1.54) is 0 Å². The number of carbonyl (C=O) groups is 3. The first-order chi connectivity index (χ1) is 17.8. The Morgan fingerprint density at radius 2 is 1.54 bits per heavy atom. The van der Waals surface area contributed by atoms with Gasteiger partial charge in [0.25, 0.3) is 0 Å². The molecule has 0 bridgehead atoms. The number of ether oxygens (including phenoxy) is 3. The van der Waals surface area contributed by atoms with E-state index in [-0.39, 0.29) is 19.0 Å². The molecule has 1 N–H and O–H groups in total. The molecule has 7 nitrogen and oxygen atoms in total. The summed E-state index contributed by atoms with van der Waals surface area (Å²) >= 11 is 0. The lowest BCUT2D eigenvalue weighted by Gasteiger charge is -2.39. The third-order valence-electron chi connectivity index (χ3n) is 7.01. The summed E-state index contributed by atoms with van der Waals surface area (Å²) in [6.45, 7) is 7.64. The molecule has 0 spiro atoms. The summed E-state index contributed by atoms with van der Waals surface area (Å²) < 4.78 is 16.1. The zero-order valence-corrected chi connectivity index (χ0v) is 21.9. The van der Waals surface area contributed by atoms with E-state index in [0.29, 0.717) is 34.7 Å². The monoisotopic (exact) mass is 503 g/mol. The van der Waals surface area contributed by atoms with Gasteiger partial charge in [0.05, 0.1) is 25.9 Å². The van der Waals surface area contributed by atoms with E-state index < -0.39 is 29.7 Å². The van der Waals surface area contributed by atoms with Gasteiger partial charge >= 0.3 is 11.9 Å². The highest BCUT2D eigenvalue weighted by molar-refractivity contribution is 6.13. The van der Waals surface area contributed by atoms with Crippen LogP contribution in [0.25, 0.3) is 0 Å². The second-order valence-corrected chi connectivity index (χ2v) is 9.30. The quantitative estimate of drug-likeness (QED) is 0.432. The number of carbonyl (C=O) groups excluding carboxylic acids is 3. The highest BCUT2D eigenvalue weighted by atomic mass is 16.5. The Morgan fingerprint density at radius 1 is 0.919 bits per heavy atom. The van der Waals surface area contributed by atoms with Gasteiger partial charge in [-0.1, -0.05) is 42.0 Å². The van der Waals surface area contributed by atoms with Crippen molar-refractivity contribution in [2.45, 2.75) is 46.0 Å². The molecule has 1 aliphatic carbocycles. The van der Waals surface area contributed by atoms with Crippen LogP contribution in [0.15, 0.2) is 71.1 Å². The number of aryl methyl sites for hydroxylation is 1. The van der Waals surface area contributed by atoms with Gasteiger partial charge in [0, 0.05) is 28.8 Å². The molecule has 0 saturated heterocycles. The maximum atomic E-state index is 14.3. The molecule has 1 aliphatic heterocycles. The number of esters is 2. The van der Waals surface area contributed by atoms with Crippen molar-refractivity contribution in [1.29, 1.82) is 0 Å². The molecule has 3 atom stereocenters. The lowest BCUT2D eigenvalue weighted by atomic mass is 9.67. The van der Waals surface area contributed by atoms with E-state index in [4.69, 9.17) is 14.2 Å². The van der Waals surface area contributed by atoms with Crippen LogP contribution in [0.1, 0.15) is 55.7 Å². The van der Waals surface area contributed by atoms with Gasteiger partial charge < -0.3 is 19.5 Å². The number of rotatable bonds is 7. The van der Waals surface area contributed by atoms with Gasteiger partial charge in [-0.15, -0.1) is 0 Å². The van der Waals surface area contributed by atoms with E-state index >= 15 is 0 Å². The summed E-state index contributed by atoms with van der Waals surface area (Å²) in [6.07, 6.45) is 0.409. The van der Waals surface area contributed by atoms with E-state index in [1.807, 2.05) is 62.4 Å². The summed E-state index contributed by atoms with van der Waals surface area (Å²) in [4.78, 5) is 40.7. The molecule has 7 heteroatoms. The molecule has 0 aromatic heterocycles. The Morgan fingerprint density at radius 3 is 2.14 bits per heavy atom. The summed E-state index contributed by atoms with van der Waals surface area (Å²) in [5.41, 5.74) is 4.83. The van der Waals surface area contributed by atoms with Crippen LogP contribution in [-0.4, -0.2) is 38.0 Å². The molecular formula is C30H33NO6. The Labute approximate surface area is 217 Å². The van der Waals surface area contributed by atoms with Crippen LogP contribution in [0, 0.1) is 12.8 Å². The van der Waals surface area contributed by atoms with Crippen molar-refractivity contribution < 1.29 is 28.6 Å². The third kappa shape index (κ3) is 5.03. The highest BCUT2D eigenvalue weighted by Crippen LogP contribution is 2.48. The standard InChI is InChI=1S/C30H33NO6/c1-6-36-29(33)24-18(4)31-23-16-22(19-12-14-21(35-5)15-13-19)26(30(34)37-7-2)28(32)27(23)25(24)20-10-8-17(3)9-11-20/h8-15,22,25-26,31H,6-7,16H2,1-5H3/t22-,25-,26+/m1/s1. The molecule has 194 valence electrons. The third-order valence-corrected chi connectivity index (χ3v) is 7.01. The minimum absolute atomic E-state index is 0.163. The summed E-state index contributed by atoms with van der Waals surface area (Å²) in [5.74, 6) is -2.83. The largest absolute Gasteiger partial charge is 0.497 e. The average Bonchev–Trinajstić information content (AvgIpc) is 2.88. The number of Topliss-reactive ketones (excluding diaryl/α,β-unsaturated/α-hetero) is 1. The average molecular weight is 504 g/mol. The first-order valence-electron chi connectivity index (χ1n) is 12.6. The molecule has 2 aliphatic rings. The zero-order valence-electron chi connectivity index (χ0n) is 21.9. The van der Waals surface area contributed by atoms with Crippen LogP contribution in [0.3, 0.4) is 0 Å². The molecule has 0 fully saturated rings. The number of benzene rings is 2. The number of hydrogen-bond donors (Lipinski definition) is 1. The Hall–Kier alpha value is -3.87. The topological polar surface area (TPSA) is 90.9 Å². The fourth-order valence-electron chi connectivity index (χ4n) is 5.27. The number of hydrogen-bond acceptors (Lipinski definition) is 7. The van der Waals surface area contributed by atoms with Crippen molar-refractivity contribution >= 4 is 17.7 Å². The molecule has 0 amide bonds. The molecule has 2 aromatic rings. The summed E-state index contributed by atoms with van der Waals surface area (Å²) in [7, 11) is 1.59. The van der Waals surface area contributed by atoms with Crippen LogP contribution in [0.2, 0.25) is 0 Å². The first kappa shape index (κ1) is 26.2. The van der Waals surface area contributed by atoms with Crippen molar-refractivity contribution in [2.75, 3.05) is 20.3 Å². The van der Waals surface area contributed by atoms with Crippen LogP contribution in [-0.2, 0) is 23.9 Å². The zero-order chi connectivity index (χ0) is 26.7. The van der Waals surface area contributed by atoms with Gasteiger partial charge in [0.2, 0.25) is 0 Å². The minimum Gasteiger partial charge on any atom is -0.497 e. The van der Waals surface area contributed by atoms with E-state index in [1.54, 1.807) is 21.0 Å². The highest BCUT2D eigenvalue weighted by Gasteiger charge is 2.49. The fraction of sp³-hybridized carbons (Fsp3) is 0.367. The number of allylic oxidation sites excluding steroid dienone is 3. The first-order valence-corrected chi connectivity index (χ1v) is 12.6. The van der Waals surface area contributed by atoms with Crippen LogP contribution < -0.4 is 10.1 Å². The van der Waals surface area contributed by atoms with Crippen molar-refractivity contribution in [3.8, 4) is 5.75 Å². The lowest BCUT2D eigenvalue weighted by molar-refractivity contribution is -0.152. The minimum atomic E-state index is -1.04. The van der Waals surface area contributed by atoms with E-state index in [9.17, 15) is 14.4 Å². The maximum Gasteiger partial charge on any atom is 0.336 e. The lowest BCUT2D eigenvalue weighted by Crippen LogP contribution is -2.43. The van der Waals surface area contributed by atoms with Crippen LogP contribution >= 0.6 is 0 Å². The summed E-state index contributed by atoms with van der Waals surface area (Å²) in [5, 5.41) is 3.32. The van der Waals surface area contributed by atoms with Crippen LogP contribution in [0.4, 0.5) is 0 Å². The molecule has 0 saturated carbocycles. The maximum absolute atomic E-state index is 14.3. The number of dihydropyridines is 1. The molecule has 0 unspecified atom stereocenters. The molecule has 0 radical (unpaired) electrons. The van der Waals surface area contributed by atoms with Gasteiger partial charge in [-0.05, 0) is 57.4 Å². The van der Waals surface area contributed by atoms with Gasteiger partial charge in [0.15, 0.2) is 5.78 Å². The molecule has 1 heterocycles. The van der Waals surface area contributed by atoms with Crippen molar-refractivity contribution in [3.63, 3.8) is 0 Å². The Bertz CT molecular complexity index is 1260. The number of nitrogens with one attached hydrogen (secondary N) is 1. The van der Waals surface area contributed by atoms with Gasteiger partial charge in [-0.3, -0.25) is 9.59 Å². The summed E-state index contributed by atoms with van der Waals surface area (Å²) in [6, 6.07) is 15.1. The van der Waals surface area contributed by atoms with Gasteiger partial charge in [-0.25, -0.2) is 4.79 Å². The molecular weight excluding hydrogens is 470 g/mol. The predicted octanol–water partition coefficient (Wildman–Crippen LogP) is 4.72. The van der Waals surface area contributed by atoms with Crippen molar-refractivity contribution in [3.05, 3.63) is 87.8 Å². The Kier molecular flexibility index (Phi) is 7.81. The second-order valence-electron chi connectivity index (χ2n) is 9.30. The van der Waals surface area contributed by atoms with Gasteiger partial charge in [-0.2, -0.15) is 0 Å². The van der Waals surface area contributed by atoms with E-state index in [2.05, 4.69) is 5.32 Å².